The fraction of sp³-hybridized carbons (Fsp3) is 0.571. The predicted molar refractivity (Wildman–Crippen MR) is 66.6 cm³/mol. The first-order valence-electron chi connectivity index (χ1n) is 6.04. The molecule has 1 rings (SSSR count). The van der Waals surface area contributed by atoms with Gasteiger partial charge in [-0.05, 0) is 31.4 Å². The number of aryl methyl sites for hydroxylation is 1. The molecule has 1 N–H and O–H groups in total. The van der Waals surface area contributed by atoms with Crippen LogP contribution in [0.4, 0.5) is 0 Å². The monoisotopic (exact) mass is 222 g/mol. The van der Waals surface area contributed by atoms with E-state index in [0.717, 1.165) is 12.0 Å². The van der Waals surface area contributed by atoms with Crippen LogP contribution in [-0.2, 0) is 17.6 Å². The summed E-state index contributed by atoms with van der Waals surface area (Å²) in [4.78, 5) is 0. The molecular formula is C14H22O2. The Kier molecular flexibility index (Phi) is 5.50. The van der Waals surface area contributed by atoms with Crippen molar-refractivity contribution in [2.24, 2.45) is 0 Å². The molecule has 16 heavy (non-hydrogen) atoms. The second kappa shape index (κ2) is 6.66. The van der Waals surface area contributed by atoms with Gasteiger partial charge in [0.15, 0.2) is 0 Å². The molecule has 2 atom stereocenters. The van der Waals surface area contributed by atoms with Gasteiger partial charge in [-0.1, -0.05) is 31.2 Å². The van der Waals surface area contributed by atoms with Crippen LogP contribution < -0.4 is 0 Å². The van der Waals surface area contributed by atoms with Crippen molar-refractivity contribution in [3.8, 4) is 0 Å². The van der Waals surface area contributed by atoms with Crippen molar-refractivity contribution in [2.75, 3.05) is 6.61 Å². The number of ether oxygens (including phenoxy) is 1. The van der Waals surface area contributed by atoms with Crippen molar-refractivity contribution in [2.45, 2.75) is 45.8 Å². The Morgan fingerprint density at radius 3 is 2.19 bits per heavy atom. The molecule has 2 heteroatoms. The van der Waals surface area contributed by atoms with Crippen LogP contribution in [0.15, 0.2) is 24.3 Å². The molecule has 0 spiro atoms. The van der Waals surface area contributed by atoms with Gasteiger partial charge in [-0.25, -0.2) is 0 Å². The minimum atomic E-state index is -0.424. The van der Waals surface area contributed by atoms with E-state index in [-0.39, 0.29) is 6.10 Å². The Balaban J connectivity index is 2.52. The Labute approximate surface area is 98.3 Å². The summed E-state index contributed by atoms with van der Waals surface area (Å²) in [6.07, 6.45) is 1.19. The summed E-state index contributed by atoms with van der Waals surface area (Å²) in [5, 5.41) is 9.90. The van der Waals surface area contributed by atoms with Gasteiger partial charge in [0, 0.05) is 13.0 Å². The number of benzene rings is 1. The summed E-state index contributed by atoms with van der Waals surface area (Å²) in [5.74, 6) is 0. The zero-order valence-electron chi connectivity index (χ0n) is 10.4. The molecule has 0 saturated carbocycles. The Morgan fingerprint density at radius 1 is 1.12 bits per heavy atom. The predicted octanol–water partition coefficient (Wildman–Crippen LogP) is 2.58. The van der Waals surface area contributed by atoms with E-state index in [0.29, 0.717) is 13.0 Å². The van der Waals surface area contributed by atoms with E-state index in [1.165, 1.54) is 5.56 Å². The van der Waals surface area contributed by atoms with Crippen LogP contribution in [0.5, 0.6) is 0 Å². The molecule has 0 saturated heterocycles. The average Bonchev–Trinajstić information content (AvgIpc) is 2.30. The van der Waals surface area contributed by atoms with Gasteiger partial charge in [0.05, 0.1) is 12.2 Å². The van der Waals surface area contributed by atoms with Gasteiger partial charge in [0.2, 0.25) is 0 Å². The van der Waals surface area contributed by atoms with Crippen molar-refractivity contribution in [3.63, 3.8) is 0 Å². The molecule has 2 unspecified atom stereocenters. The largest absolute Gasteiger partial charge is 0.390 e. The van der Waals surface area contributed by atoms with Crippen molar-refractivity contribution in [1.82, 2.24) is 0 Å². The number of hydrogen-bond acceptors (Lipinski definition) is 2. The zero-order valence-corrected chi connectivity index (χ0v) is 10.4. The van der Waals surface area contributed by atoms with Gasteiger partial charge >= 0.3 is 0 Å². The van der Waals surface area contributed by atoms with E-state index in [1.807, 2.05) is 13.8 Å². The van der Waals surface area contributed by atoms with E-state index in [4.69, 9.17) is 4.74 Å². The van der Waals surface area contributed by atoms with Crippen LogP contribution in [0, 0.1) is 0 Å². The van der Waals surface area contributed by atoms with Gasteiger partial charge in [0.25, 0.3) is 0 Å². The molecule has 2 nitrogen and oxygen atoms in total. The van der Waals surface area contributed by atoms with E-state index in [2.05, 4.69) is 31.2 Å². The third kappa shape index (κ3) is 3.95. The van der Waals surface area contributed by atoms with Crippen molar-refractivity contribution in [3.05, 3.63) is 35.4 Å². The molecule has 0 heterocycles. The van der Waals surface area contributed by atoms with Crippen LogP contribution >= 0.6 is 0 Å². The van der Waals surface area contributed by atoms with E-state index in [1.54, 1.807) is 0 Å². The highest BCUT2D eigenvalue weighted by atomic mass is 16.5. The first kappa shape index (κ1) is 13.2. The summed E-state index contributed by atoms with van der Waals surface area (Å²) in [7, 11) is 0. The third-order valence-electron chi connectivity index (χ3n) is 2.85. The quantitative estimate of drug-likeness (QED) is 0.801. The SMILES string of the molecule is CCOC(C)C(O)Cc1ccc(CC)cc1. The molecule has 0 aliphatic carbocycles. The van der Waals surface area contributed by atoms with Crippen molar-refractivity contribution >= 4 is 0 Å². The van der Waals surface area contributed by atoms with Gasteiger partial charge in [-0.2, -0.15) is 0 Å². The number of aliphatic hydroxyl groups excluding tert-OH is 1. The molecule has 0 bridgehead atoms. The minimum Gasteiger partial charge on any atom is -0.390 e. The van der Waals surface area contributed by atoms with Crippen LogP contribution in [0.1, 0.15) is 31.9 Å². The highest BCUT2D eigenvalue weighted by molar-refractivity contribution is 5.23. The highest BCUT2D eigenvalue weighted by Crippen LogP contribution is 2.10. The van der Waals surface area contributed by atoms with Crippen LogP contribution in [0.3, 0.4) is 0 Å². The van der Waals surface area contributed by atoms with Gasteiger partial charge in [-0.15, -0.1) is 0 Å². The average molecular weight is 222 g/mol. The lowest BCUT2D eigenvalue weighted by Crippen LogP contribution is -2.28. The molecule has 0 fully saturated rings. The van der Waals surface area contributed by atoms with Crippen molar-refractivity contribution in [1.29, 1.82) is 0 Å². The molecule has 0 amide bonds. The lowest BCUT2D eigenvalue weighted by atomic mass is 10.0. The summed E-state index contributed by atoms with van der Waals surface area (Å²) in [6.45, 7) is 6.64. The molecule has 0 radical (unpaired) electrons. The Bertz CT molecular complexity index is 292. The van der Waals surface area contributed by atoms with Gasteiger partial charge in [0.1, 0.15) is 0 Å². The maximum absolute atomic E-state index is 9.90. The van der Waals surface area contributed by atoms with E-state index in [9.17, 15) is 5.11 Å². The maximum atomic E-state index is 9.90. The summed E-state index contributed by atoms with van der Waals surface area (Å²) in [6, 6.07) is 8.40. The van der Waals surface area contributed by atoms with Crippen LogP contribution in [0.25, 0.3) is 0 Å². The lowest BCUT2D eigenvalue weighted by molar-refractivity contribution is -0.0208. The standard InChI is InChI=1S/C14H22O2/c1-4-12-6-8-13(9-7-12)10-14(15)11(3)16-5-2/h6-9,11,14-15H,4-5,10H2,1-3H3. The first-order chi connectivity index (χ1) is 7.67. The first-order valence-corrected chi connectivity index (χ1v) is 6.04. The van der Waals surface area contributed by atoms with E-state index >= 15 is 0 Å². The molecule has 1 aromatic carbocycles. The summed E-state index contributed by atoms with van der Waals surface area (Å²) in [5.41, 5.74) is 2.49. The maximum Gasteiger partial charge on any atom is 0.0839 e. The zero-order chi connectivity index (χ0) is 12.0. The normalized spacial score (nSPS) is 14.8. The Hall–Kier alpha value is -0.860. The van der Waals surface area contributed by atoms with E-state index < -0.39 is 6.10 Å². The highest BCUT2D eigenvalue weighted by Gasteiger charge is 2.14. The number of hydrogen-bond donors (Lipinski definition) is 1. The topological polar surface area (TPSA) is 29.5 Å². The molecule has 0 aliphatic rings. The molecular weight excluding hydrogens is 200 g/mol. The third-order valence-corrected chi connectivity index (χ3v) is 2.85. The van der Waals surface area contributed by atoms with Crippen LogP contribution in [-0.4, -0.2) is 23.9 Å². The minimum absolute atomic E-state index is 0.101. The number of aliphatic hydroxyl groups is 1. The number of rotatable bonds is 6. The molecule has 0 aromatic heterocycles. The molecule has 0 aliphatic heterocycles. The smallest absolute Gasteiger partial charge is 0.0839 e. The second-order valence-corrected chi connectivity index (χ2v) is 4.10. The summed E-state index contributed by atoms with van der Waals surface area (Å²) < 4.78 is 5.37. The lowest BCUT2D eigenvalue weighted by Gasteiger charge is -2.18. The molecule has 90 valence electrons. The van der Waals surface area contributed by atoms with Crippen LogP contribution in [0.2, 0.25) is 0 Å². The van der Waals surface area contributed by atoms with Gasteiger partial charge < -0.3 is 9.84 Å². The fourth-order valence-corrected chi connectivity index (χ4v) is 1.69. The summed E-state index contributed by atoms with van der Waals surface area (Å²) >= 11 is 0. The molecule has 1 aromatic rings. The second-order valence-electron chi connectivity index (χ2n) is 4.10. The Morgan fingerprint density at radius 2 is 1.69 bits per heavy atom. The van der Waals surface area contributed by atoms with Crippen molar-refractivity contribution < 1.29 is 9.84 Å². The fourth-order valence-electron chi connectivity index (χ4n) is 1.69. The van der Waals surface area contributed by atoms with Gasteiger partial charge in [-0.3, -0.25) is 0 Å².